The van der Waals surface area contributed by atoms with Crippen LogP contribution in [0, 0.1) is 11.3 Å². The van der Waals surface area contributed by atoms with Crippen LogP contribution >= 0.6 is 23.2 Å². The van der Waals surface area contributed by atoms with Gasteiger partial charge < -0.3 is 14.7 Å². The van der Waals surface area contributed by atoms with Crippen LogP contribution in [0.25, 0.3) is 0 Å². The number of carbonyl (C=O) groups is 2. The van der Waals surface area contributed by atoms with E-state index in [0.29, 0.717) is 0 Å². The van der Waals surface area contributed by atoms with Gasteiger partial charge in [0.15, 0.2) is 6.61 Å². The number of halogens is 2. The molecule has 0 radical (unpaired) electrons. The van der Waals surface area contributed by atoms with Gasteiger partial charge >= 0.3 is 5.97 Å². The van der Waals surface area contributed by atoms with Gasteiger partial charge in [-0.3, -0.25) is 9.59 Å². The van der Waals surface area contributed by atoms with Crippen LogP contribution < -0.4 is 4.72 Å². The van der Waals surface area contributed by atoms with Crippen LogP contribution in [0.1, 0.15) is 13.3 Å². The highest BCUT2D eigenvalue weighted by molar-refractivity contribution is 7.89. The number of sulfonamides is 1. The van der Waals surface area contributed by atoms with Crippen molar-refractivity contribution in [2.75, 3.05) is 20.2 Å². The van der Waals surface area contributed by atoms with Gasteiger partial charge in [-0.15, -0.1) is 0 Å². The highest BCUT2D eigenvalue weighted by atomic mass is 35.5. The third kappa shape index (κ3) is 6.92. The largest absolute Gasteiger partial charge is 0.454 e. The molecule has 0 heterocycles. The maximum atomic E-state index is 12.4. The van der Waals surface area contributed by atoms with Crippen molar-refractivity contribution in [3.8, 4) is 6.07 Å². The second kappa shape index (κ2) is 10.6. The summed E-state index contributed by atoms with van der Waals surface area (Å²) in [5.74, 6) is -1.72. The molecule has 154 valence electrons. The van der Waals surface area contributed by atoms with Crippen LogP contribution in [0.3, 0.4) is 0 Å². The number of rotatable bonds is 9. The van der Waals surface area contributed by atoms with Gasteiger partial charge in [-0.25, -0.2) is 8.42 Å². The Bertz CT molecular complexity index is 870. The molecule has 0 aromatic heterocycles. The molecule has 1 rings (SSSR count). The van der Waals surface area contributed by atoms with E-state index in [1.807, 2.05) is 10.8 Å². The lowest BCUT2D eigenvalue weighted by Crippen LogP contribution is -2.49. The summed E-state index contributed by atoms with van der Waals surface area (Å²) in [6, 6.07) is 3.75. The maximum Gasteiger partial charge on any atom is 0.327 e. The zero-order valence-electron chi connectivity index (χ0n) is 15.1. The molecule has 28 heavy (non-hydrogen) atoms. The summed E-state index contributed by atoms with van der Waals surface area (Å²) in [7, 11) is -2.82. The molecule has 1 aromatic rings. The lowest BCUT2D eigenvalue weighted by Gasteiger charge is -2.21. The fraction of sp³-hybridized carbons (Fsp3) is 0.438. The smallest absolute Gasteiger partial charge is 0.327 e. The van der Waals surface area contributed by atoms with E-state index >= 15 is 0 Å². The number of hydrogen-bond acceptors (Lipinski definition) is 7. The van der Waals surface area contributed by atoms with E-state index in [9.17, 15) is 23.1 Å². The second-order valence-corrected chi connectivity index (χ2v) is 8.27. The second-order valence-electron chi connectivity index (χ2n) is 5.75. The monoisotopic (exact) mass is 451 g/mol. The Hall–Kier alpha value is -1.90. The average molecular weight is 452 g/mol. The van der Waals surface area contributed by atoms with Gasteiger partial charge in [0.1, 0.15) is 6.04 Å². The third-order valence-corrected chi connectivity index (χ3v) is 5.72. The molecule has 1 amide bonds. The Balaban J connectivity index is 2.84. The number of carbonyl (C=O) groups excluding carboxylic acids is 2. The molecule has 0 spiro atoms. The molecule has 2 N–H and O–H groups in total. The molecule has 0 aliphatic heterocycles. The first kappa shape index (κ1) is 24.1. The predicted molar refractivity (Wildman–Crippen MR) is 101 cm³/mol. The molecule has 1 aromatic carbocycles. The summed E-state index contributed by atoms with van der Waals surface area (Å²) in [6.07, 6.45) is -1.34. The van der Waals surface area contributed by atoms with Gasteiger partial charge in [0.25, 0.3) is 5.91 Å². The number of likely N-dealkylation sites (N-methyl/N-ethyl adjacent to an activating group) is 1. The first-order valence-corrected chi connectivity index (χ1v) is 10.2. The molecular formula is C16H19Cl2N3O6S. The first-order chi connectivity index (χ1) is 13.0. The van der Waals surface area contributed by atoms with E-state index in [0.717, 1.165) is 6.07 Å². The number of hydrogen-bond donors (Lipinski definition) is 2. The fourth-order valence-corrected chi connectivity index (χ4v) is 3.54. The van der Waals surface area contributed by atoms with Crippen LogP contribution in [0.5, 0.6) is 0 Å². The van der Waals surface area contributed by atoms with Crippen LogP contribution in [0.2, 0.25) is 10.0 Å². The Morgan fingerprint density at radius 1 is 1.36 bits per heavy atom. The number of nitrogens with zero attached hydrogens (tertiary/aromatic N) is 2. The quantitative estimate of drug-likeness (QED) is 0.532. The summed E-state index contributed by atoms with van der Waals surface area (Å²) < 4.78 is 31.7. The van der Waals surface area contributed by atoms with Crippen molar-refractivity contribution < 1.29 is 27.9 Å². The molecule has 0 fully saturated rings. The van der Waals surface area contributed by atoms with Crippen molar-refractivity contribution >= 4 is 45.1 Å². The zero-order valence-corrected chi connectivity index (χ0v) is 17.4. The Morgan fingerprint density at radius 2 is 2.00 bits per heavy atom. The molecule has 0 aliphatic rings. The van der Waals surface area contributed by atoms with Gasteiger partial charge in [-0.2, -0.15) is 9.98 Å². The summed E-state index contributed by atoms with van der Waals surface area (Å²) >= 11 is 11.6. The number of amides is 1. The van der Waals surface area contributed by atoms with Crippen molar-refractivity contribution in [1.82, 2.24) is 9.62 Å². The Kier molecular flexibility index (Phi) is 9.13. The fourth-order valence-electron chi connectivity index (χ4n) is 1.90. The van der Waals surface area contributed by atoms with Gasteiger partial charge in [0.05, 0.1) is 33.5 Å². The van der Waals surface area contributed by atoms with Crippen LogP contribution in [-0.4, -0.2) is 62.6 Å². The number of nitriles is 1. The van der Waals surface area contributed by atoms with Gasteiger partial charge in [-0.05, 0) is 25.1 Å². The minimum Gasteiger partial charge on any atom is -0.454 e. The average Bonchev–Trinajstić information content (AvgIpc) is 2.63. The Morgan fingerprint density at radius 3 is 2.54 bits per heavy atom. The third-order valence-electron chi connectivity index (χ3n) is 3.54. The lowest BCUT2D eigenvalue weighted by atomic mass is 10.2. The summed E-state index contributed by atoms with van der Waals surface area (Å²) in [6.45, 7) is 0.666. The Labute approximate surface area is 172 Å². The highest BCUT2D eigenvalue weighted by Gasteiger charge is 2.31. The highest BCUT2D eigenvalue weighted by Crippen LogP contribution is 2.25. The van der Waals surface area contributed by atoms with Crippen LogP contribution in [-0.2, 0) is 24.3 Å². The number of nitrogens with one attached hydrogen (secondary N) is 1. The molecule has 12 heteroatoms. The van der Waals surface area contributed by atoms with Gasteiger partial charge in [-0.1, -0.05) is 23.2 Å². The molecular weight excluding hydrogens is 433 g/mol. The van der Waals surface area contributed by atoms with Crippen molar-refractivity contribution in [3.63, 3.8) is 0 Å². The van der Waals surface area contributed by atoms with E-state index in [4.69, 9.17) is 33.2 Å². The molecule has 0 saturated carbocycles. The molecule has 0 aliphatic carbocycles. The standard InChI is InChI=1S/C16H19Cl2N3O6S/c1-10(22)15(16(24)27-9-14(23)21(2)7-3-6-19)20-28(25,26)11-4-5-12(17)13(18)8-11/h4-5,8,10,15,20,22H,3,7,9H2,1-2H3/t10-,15+/m0/s1. The number of esters is 1. The van der Waals surface area contributed by atoms with E-state index in [2.05, 4.69) is 0 Å². The predicted octanol–water partition coefficient (Wildman–Crippen LogP) is 0.936. The molecule has 0 unspecified atom stereocenters. The van der Waals surface area contributed by atoms with Crippen molar-refractivity contribution in [1.29, 1.82) is 5.26 Å². The molecule has 0 bridgehead atoms. The number of benzene rings is 1. The van der Waals surface area contributed by atoms with Gasteiger partial charge in [0.2, 0.25) is 10.0 Å². The zero-order chi connectivity index (χ0) is 21.5. The normalized spacial score (nSPS) is 13.3. The minimum absolute atomic E-state index is 0.00767. The van der Waals surface area contributed by atoms with Crippen molar-refractivity contribution in [2.45, 2.75) is 30.4 Å². The first-order valence-electron chi connectivity index (χ1n) is 7.92. The van der Waals surface area contributed by atoms with Crippen molar-refractivity contribution in [2.24, 2.45) is 0 Å². The molecule has 2 atom stereocenters. The van der Waals surface area contributed by atoms with Crippen LogP contribution in [0.4, 0.5) is 0 Å². The number of aliphatic hydroxyl groups excluding tert-OH is 1. The maximum absolute atomic E-state index is 12.4. The topological polar surface area (TPSA) is 137 Å². The van der Waals surface area contributed by atoms with Crippen molar-refractivity contribution in [3.05, 3.63) is 28.2 Å². The summed E-state index contributed by atoms with van der Waals surface area (Å²) in [5, 5.41) is 18.4. The van der Waals surface area contributed by atoms with E-state index in [1.165, 1.54) is 31.0 Å². The molecule has 0 saturated heterocycles. The number of ether oxygens (including phenoxy) is 1. The van der Waals surface area contributed by atoms with Crippen LogP contribution in [0.15, 0.2) is 23.1 Å². The summed E-state index contributed by atoms with van der Waals surface area (Å²) in [5.41, 5.74) is 0. The molecule has 9 nitrogen and oxygen atoms in total. The minimum atomic E-state index is -4.24. The summed E-state index contributed by atoms with van der Waals surface area (Å²) in [4.78, 5) is 24.9. The number of aliphatic hydroxyl groups is 1. The van der Waals surface area contributed by atoms with E-state index < -0.39 is 40.7 Å². The van der Waals surface area contributed by atoms with E-state index in [1.54, 1.807) is 0 Å². The van der Waals surface area contributed by atoms with Gasteiger partial charge in [0, 0.05) is 13.6 Å². The lowest BCUT2D eigenvalue weighted by molar-refractivity contribution is -0.154. The SMILES string of the molecule is C[C@H](O)[C@@H](NS(=O)(=O)c1ccc(Cl)c(Cl)c1)C(=O)OCC(=O)N(C)CCC#N. The van der Waals surface area contributed by atoms with E-state index in [-0.39, 0.29) is 27.9 Å².